The molecule has 6 heteroatoms. The lowest BCUT2D eigenvalue weighted by Crippen LogP contribution is -2.56. The number of carboxylic acid groups (broad SMARTS) is 1. The normalized spacial score (nSPS) is 22.5. The van der Waals surface area contributed by atoms with Crippen molar-refractivity contribution in [3.8, 4) is 0 Å². The SMILES string of the molecule is CCC(C)CN(C)C(=O)NC1CC(N(CC)CC(=O)O)C1. The summed E-state index contributed by atoms with van der Waals surface area (Å²) in [5.41, 5.74) is 0. The van der Waals surface area contributed by atoms with Gasteiger partial charge >= 0.3 is 12.0 Å². The third kappa shape index (κ3) is 5.53. The van der Waals surface area contributed by atoms with Crippen LogP contribution < -0.4 is 5.32 Å². The van der Waals surface area contributed by atoms with Crippen molar-refractivity contribution in [1.29, 1.82) is 0 Å². The summed E-state index contributed by atoms with van der Waals surface area (Å²) in [5.74, 6) is -0.293. The van der Waals surface area contributed by atoms with E-state index in [9.17, 15) is 9.59 Å². The van der Waals surface area contributed by atoms with Crippen molar-refractivity contribution in [3.05, 3.63) is 0 Å². The number of aliphatic carboxylic acids is 1. The third-order valence-electron chi connectivity index (χ3n) is 4.33. The number of carbonyl (C=O) groups excluding carboxylic acids is 1. The van der Waals surface area contributed by atoms with Crippen LogP contribution in [0.5, 0.6) is 0 Å². The Labute approximate surface area is 127 Å². The summed E-state index contributed by atoms with van der Waals surface area (Å²) in [7, 11) is 1.82. The van der Waals surface area contributed by atoms with Gasteiger partial charge in [0.05, 0.1) is 6.54 Å². The molecular formula is C15H29N3O3. The van der Waals surface area contributed by atoms with Crippen LogP contribution in [0.2, 0.25) is 0 Å². The summed E-state index contributed by atoms with van der Waals surface area (Å²) >= 11 is 0. The van der Waals surface area contributed by atoms with E-state index in [1.165, 1.54) is 0 Å². The fourth-order valence-corrected chi connectivity index (χ4v) is 2.64. The van der Waals surface area contributed by atoms with Gasteiger partial charge < -0.3 is 15.3 Å². The average molecular weight is 299 g/mol. The molecule has 0 saturated heterocycles. The summed E-state index contributed by atoms with van der Waals surface area (Å²) in [4.78, 5) is 26.5. The minimum Gasteiger partial charge on any atom is -0.480 e. The number of amides is 2. The highest BCUT2D eigenvalue weighted by molar-refractivity contribution is 5.74. The van der Waals surface area contributed by atoms with Gasteiger partial charge in [-0.25, -0.2) is 4.79 Å². The summed E-state index contributed by atoms with van der Waals surface area (Å²) in [6.07, 6.45) is 2.73. The molecule has 1 aliphatic carbocycles. The monoisotopic (exact) mass is 299 g/mol. The quantitative estimate of drug-likeness (QED) is 0.714. The number of hydrogen-bond acceptors (Lipinski definition) is 3. The number of urea groups is 1. The van der Waals surface area contributed by atoms with E-state index in [2.05, 4.69) is 19.2 Å². The van der Waals surface area contributed by atoms with Crippen LogP contribution in [0.3, 0.4) is 0 Å². The van der Waals surface area contributed by atoms with E-state index in [1.54, 1.807) is 4.90 Å². The summed E-state index contributed by atoms with van der Waals surface area (Å²) in [5, 5.41) is 11.9. The Morgan fingerprint density at radius 3 is 2.43 bits per heavy atom. The fourth-order valence-electron chi connectivity index (χ4n) is 2.64. The van der Waals surface area contributed by atoms with E-state index < -0.39 is 5.97 Å². The van der Waals surface area contributed by atoms with Gasteiger partial charge in [-0.1, -0.05) is 27.2 Å². The zero-order valence-electron chi connectivity index (χ0n) is 13.6. The molecule has 1 atom stereocenters. The Balaban J connectivity index is 2.30. The molecule has 0 aromatic carbocycles. The van der Waals surface area contributed by atoms with Crippen LogP contribution in [-0.2, 0) is 4.79 Å². The van der Waals surface area contributed by atoms with Crippen LogP contribution in [0.1, 0.15) is 40.0 Å². The van der Waals surface area contributed by atoms with Crippen molar-refractivity contribution in [2.75, 3.05) is 26.7 Å². The molecule has 0 aromatic rings. The van der Waals surface area contributed by atoms with Gasteiger partial charge in [0, 0.05) is 25.7 Å². The first kappa shape index (κ1) is 17.8. The Morgan fingerprint density at radius 2 is 1.95 bits per heavy atom. The molecule has 2 N–H and O–H groups in total. The maximum absolute atomic E-state index is 12.0. The second kappa shape index (κ2) is 8.22. The lowest BCUT2D eigenvalue weighted by atomic mass is 9.85. The molecule has 1 fully saturated rings. The van der Waals surface area contributed by atoms with Crippen molar-refractivity contribution in [1.82, 2.24) is 15.1 Å². The molecule has 2 amide bonds. The summed E-state index contributed by atoms with van der Waals surface area (Å²) in [6, 6.07) is 0.418. The molecule has 0 aliphatic heterocycles. The van der Waals surface area contributed by atoms with Crippen molar-refractivity contribution in [2.24, 2.45) is 5.92 Å². The highest BCUT2D eigenvalue weighted by Gasteiger charge is 2.35. The van der Waals surface area contributed by atoms with Gasteiger partial charge in [0.25, 0.3) is 0 Å². The lowest BCUT2D eigenvalue weighted by molar-refractivity contribution is -0.139. The molecule has 122 valence electrons. The van der Waals surface area contributed by atoms with Crippen molar-refractivity contribution in [2.45, 2.75) is 52.1 Å². The van der Waals surface area contributed by atoms with Crippen LogP contribution in [0.4, 0.5) is 4.79 Å². The Bertz CT molecular complexity index is 356. The Hall–Kier alpha value is -1.30. The first-order valence-corrected chi connectivity index (χ1v) is 7.84. The van der Waals surface area contributed by atoms with Crippen molar-refractivity contribution < 1.29 is 14.7 Å². The van der Waals surface area contributed by atoms with Crippen molar-refractivity contribution >= 4 is 12.0 Å². The van der Waals surface area contributed by atoms with Crippen LogP contribution in [0.25, 0.3) is 0 Å². The molecular weight excluding hydrogens is 270 g/mol. The van der Waals surface area contributed by atoms with Crippen LogP contribution in [0, 0.1) is 5.92 Å². The van der Waals surface area contributed by atoms with Gasteiger partial charge in [-0.15, -0.1) is 0 Å². The molecule has 1 aliphatic rings. The molecule has 21 heavy (non-hydrogen) atoms. The summed E-state index contributed by atoms with van der Waals surface area (Å²) in [6.45, 7) is 7.79. The van der Waals surface area contributed by atoms with Gasteiger partial charge in [0.2, 0.25) is 0 Å². The molecule has 0 bridgehead atoms. The lowest BCUT2D eigenvalue weighted by Gasteiger charge is -2.42. The highest BCUT2D eigenvalue weighted by Crippen LogP contribution is 2.25. The largest absolute Gasteiger partial charge is 0.480 e. The minimum absolute atomic E-state index is 0.0277. The maximum Gasteiger partial charge on any atom is 0.317 e. The molecule has 0 heterocycles. The second-order valence-electron chi connectivity index (χ2n) is 6.12. The molecule has 0 spiro atoms. The number of carbonyl (C=O) groups is 2. The molecule has 1 rings (SSSR count). The number of hydrogen-bond donors (Lipinski definition) is 2. The predicted molar refractivity (Wildman–Crippen MR) is 82.3 cm³/mol. The standard InChI is InChI=1S/C15H29N3O3/c1-5-11(3)9-17(4)15(21)16-12-7-13(8-12)18(6-2)10-14(19)20/h11-13H,5-10H2,1-4H3,(H,16,21)(H,19,20). The topological polar surface area (TPSA) is 72.9 Å². The Kier molecular flexibility index (Phi) is 6.95. The third-order valence-corrected chi connectivity index (χ3v) is 4.33. The van der Waals surface area contributed by atoms with E-state index in [4.69, 9.17) is 5.11 Å². The minimum atomic E-state index is -0.794. The smallest absolute Gasteiger partial charge is 0.317 e. The summed E-state index contributed by atoms with van der Waals surface area (Å²) < 4.78 is 0. The van der Waals surface area contributed by atoms with Crippen LogP contribution in [-0.4, -0.2) is 65.7 Å². The molecule has 1 unspecified atom stereocenters. The predicted octanol–water partition coefficient (Wildman–Crippen LogP) is 1.61. The Morgan fingerprint density at radius 1 is 1.33 bits per heavy atom. The maximum atomic E-state index is 12.0. The van der Waals surface area contributed by atoms with Gasteiger partial charge in [-0.3, -0.25) is 9.69 Å². The van der Waals surface area contributed by atoms with Gasteiger partial charge in [-0.2, -0.15) is 0 Å². The van der Waals surface area contributed by atoms with E-state index in [1.807, 2.05) is 18.9 Å². The number of nitrogens with one attached hydrogen (secondary N) is 1. The zero-order valence-corrected chi connectivity index (χ0v) is 13.6. The second-order valence-corrected chi connectivity index (χ2v) is 6.12. The van der Waals surface area contributed by atoms with E-state index in [-0.39, 0.29) is 24.7 Å². The van der Waals surface area contributed by atoms with Gasteiger partial charge in [-0.05, 0) is 25.3 Å². The van der Waals surface area contributed by atoms with Gasteiger partial charge in [0.15, 0.2) is 0 Å². The molecule has 6 nitrogen and oxygen atoms in total. The first-order chi connectivity index (χ1) is 9.87. The van der Waals surface area contributed by atoms with E-state index in [0.717, 1.165) is 32.4 Å². The number of likely N-dealkylation sites (N-methyl/N-ethyl adjacent to an activating group) is 1. The first-order valence-electron chi connectivity index (χ1n) is 7.84. The van der Waals surface area contributed by atoms with Crippen molar-refractivity contribution in [3.63, 3.8) is 0 Å². The van der Waals surface area contributed by atoms with E-state index in [0.29, 0.717) is 5.92 Å². The number of carboxylic acids is 1. The van der Waals surface area contributed by atoms with Crippen LogP contribution in [0.15, 0.2) is 0 Å². The molecule has 0 radical (unpaired) electrons. The highest BCUT2D eigenvalue weighted by atomic mass is 16.4. The molecule has 0 aromatic heterocycles. The molecule has 1 saturated carbocycles. The fraction of sp³-hybridized carbons (Fsp3) is 0.867. The van der Waals surface area contributed by atoms with E-state index >= 15 is 0 Å². The average Bonchev–Trinajstić information content (AvgIpc) is 2.39. The van der Waals surface area contributed by atoms with Gasteiger partial charge in [0.1, 0.15) is 0 Å². The zero-order chi connectivity index (χ0) is 16.0. The number of rotatable bonds is 8. The number of nitrogens with zero attached hydrogens (tertiary/aromatic N) is 2. The van der Waals surface area contributed by atoms with Crippen LogP contribution >= 0.6 is 0 Å².